The van der Waals surface area contributed by atoms with E-state index in [-0.39, 0.29) is 12.2 Å². The monoisotopic (exact) mass is 586 g/mol. The summed E-state index contributed by atoms with van der Waals surface area (Å²) in [6, 6.07) is 21.3. The van der Waals surface area contributed by atoms with Crippen molar-refractivity contribution >= 4 is 34.3 Å². The molecule has 212 valence electrons. The maximum Gasteiger partial charge on any atom is 0.160 e. The molecule has 0 radical (unpaired) electrons. The number of allylic oxidation sites excluding steroid dienone is 1. The van der Waals surface area contributed by atoms with Gasteiger partial charge >= 0.3 is 0 Å². The summed E-state index contributed by atoms with van der Waals surface area (Å²) < 4.78 is 20.8. The van der Waals surface area contributed by atoms with Gasteiger partial charge in [-0.05, 0) is 96.0 Å². The molecule has 1 aromatic heterocycles. The highest BCUT2D eigenvalue weighted by Gasteiger charge is 2.23. The average Bonchev–Trinajstić information content (AvgIpc) is 3.70. The molecule has 0 unspecified atom stereocenters. The van der Waals surface area contributed by atoms with E-state index >= 15 is 0 Å². The smallest absolute Gasteiger partial charge is 0.160 e. The van der Waals surface area contributed by atoms with Gasteiger partial charge in [0.2, 0.25) is 0 Å². The maximum absolute atomic E-state index is 13.0. The number of benzene rings is 3. The van der Waals surface area contributed by atoms with E-state index in [4.69, 9.17) is 16.3 Å². The van der Waals surface area contributed by atoms with Crippen molar-refractivity contribution in [2.45, 2.75) is 56.2 Å². The first-order valence-electron chi connectivity index (χ1n) is 14.2. The molecule has 4 aromatic rings. The Hall–Kier alpha value is -3.48. The van der Waals surface area contributed by atoms with Gasteiger partial charge in [0.1, 0.15) is 5.75 Å². The summed E-state index contributed by atoms with van der Waals surface area (Å²) in [6.45, 7) is 3.82. The summed E-state index contributed by atoms with van der Waals surface area (Å²) in [6.07, 6.45) is 11.9. The highest BCUT2D eigenvalue weighted by atomic mass is 35.5. The van der Waals surface area contributed by atoms with Crippen LogP contribution in [0.3, 0.4) is 0 Å². The first kappa shape index (κ1) is 29.0. The molecule has 1 saturated carbocycles. The van der Waals surface area contributed by atoms with Crippen molar-refractivity contribution in [2.24, 2.45) is 5.92 Å². The zero-order valence-corrected chi connectivity index (χ0v) is 24.9. The minimum Gasteiger partial charge on any atom is -0.494 e. The van der Waals surface area contributed by atoms with Crippen molar-refractivity contribution in [3.05, 3.63) is 107 Å². The maximum atomic E-state index is 13.0. The van der Waals surface area contributed by atoms with Gasteiger partial charge in [0.15, 0.2) is 5.78 Å². The van der Waals surface area contributed by atoms with Gasteiger partial charge in [0.25, 0.3) is 0 Å². The Labute approximate surface area is 249 Å². The van der Waals surface area contributed by atoms with Gasteiger partial charge in [-0.3, -0.25) is 9.00 Å². The van der Waals surface area contributed by atoms with Crippen molar-refractivity contribution in [3.63, 3.8) is 0 Å². The Morgan fingerprint density at radius 3 is 2.56 bits per heavy atom. The Balaban J connectivity index is 1.17. The lowest BCUT2D eigenvalue weighted by atomic mass is 10.0. The molecule has 0 amide bonds. The van der Waals surface area contributed by atoms with Gasteiger partial charge in [-0.1, -0.05) is 55.3 Å². The predicted molar refractivity (Wildman–Crippen MR) is 167 cm³/mol. The quantitative estimate of drug-likeness (QED) is 0.111. The van der Waals surface area contributed by atoms with Crippen LogP contribution in [-0.2, 0) is 34.3 Å². The van der Waals surface area contributed by atoms with Crippen LogP contribution in [0.15, 0.2) is 90.2 Å². The van der Waals surface area contributed by atoms with E-state index in [1.807, 2.05) is 79.3 Å². The molecule has 1 heterocycles. The number of carbonyl (C=O) groups is 1. The van der Waals surface area contributed by atoms with E-state index < -0.39 is 10.8 Å². The number of nitrogens with zero attached hydrogens (tertiary/aromatic N) is 2. The number of ketones is 1. The van der Waals surface area contributed by atoms with Gasteiger partial charge < -0.3 is 9.30 Å². The van der Waals surface area contributed by atoms with Crippen LogP contribution < -0.4 is 4.74 Å². The summed E-state index contributed by atoms with van der Waals surface area (Å²) in [4.78, 5) is 17.7. The summed E-state index contributed by atoms with van der Waals surface area (Å²) in [5.74, 6) is 2.00. The van der Waals surface area contributed by atoms with Crippen LogP contribution in [0.2, 0.25) is 5.02 Å². The number of rotatable bonds is 14. The third kappa shape index (κ3) is 8.27. The minimum absolute atomic E-state index is 0.0297. The molecule has 5 rings (SSSR count). The highest BCUT2D eigenvalue weighted by molar-refractivity contribution is 7.84. The molecule has 1 aliphatic rings. The fourth-order valence-electron chi connectivity index (χ4n) is 4.56. The van der Waals surface area contributed by atoms with Crippen LogP contribution in [0.1, 0.15) is 49.4 Å². The molecule has 41 heavy (non-hydrogen) atoms. The number of aromatic nitrogens is 2. The fourth-order valence-corrected chi connectivity index (χ4v) is 5.86. The molecule has 1 atom stereocenters. The summed E-state index contributed by atoms with van der Waals surface area (Å²) >= 11 is 6.44. The summed E-state index contributed by atoms with van der Waals surface area (Å²) in [5, 5.41) is 0.586. The molecule has 0 saturated heterocycles. The number of ether oxygens (including phenoxy) is 1. The summed E-state index contributed by atoms with van der Waals surface area (Å²) in [5.41, 5.74) is 4.72. The Kier molecular flexibility index (Phi) is 9.86. The Morgan fingerprint density at radius 2 is 1.83 bits per heavy atom. The third-order valence-electron chi connectivity index (χ3n) is 7.19. The van der Waals surface area contributed by atoms with Crippen molar-refractivity contribution in [2.75, 3.05) is 6.61 Å². The second-order valence-electron chi connectivity index (χ2n) is 10.6. The molecule has 0 bridgehead atoms. The average molecular weight is 587 g/mol. The molecule has 1 fully saturated rings. The van der Waals surface area contributed by atoms with Crippen molar-refractivity contribution in [3.8, 4) is 16.9 Å². The number of unbranched alkanes of at least 4 members (excludes halogenated alkanes) is 1. The Morgan fingerprint density at radius 1 is 1.07 bits per heavy atom. The zero-order valence-electron chi connectivity index (χ0n) is 23.3. The second kappa shape index (κ2) is 13.9. The first-order valence-corrected chi connectivity index (χ1v) is 15.9. The lowest BCUT2D eigenvalue weighted by molar-refractivity contribution is -0.113. The fraction of sp³-hybridized carbons (Fsp3) is 0.294. The van der Waals surface area contributed by atoms with Crippen molar-refractivity contribution in [1.29, 1.82) is 0 Å². The number of hydrogen-bond donors (Lipinski definition) is 0. The van der Waals surface area contributed by atoms with E-state index in [9.17, 15) is 9.00 Å². The highest BCUT2D eigenvalue weighted by Crippen LogP contribution is 2.31. The molecule has 0 spiro atoms. The number of imidazole rings is 1. The molecule has 7 heteroatoms. The largest absolute Gasteiger partial charge is 0.494 e. The van der Waals surface area contributed by atoms with Gasteiger partial charge in [0.05, 0.1) is 35.2 Å². The molecule has 0 N–H and O–H groups in total. The van der Waals surface area contributed by atoms with Crippen LogP contribution in [0.4, 0.5) is 0 Å². The lowest BCUT2D eigenvalue weighted by Crippen LogP contribution is -2.06. The third-order valence-corrected chi connectivity index (χ3v) is 8.89. The van der Waals surface area contributed by atoms with Gasteiger partial charge in [0, 0.05) is 29.1 Å². The SMILES string of the molecule is CCCCOc1ccc(-c2ccc(Cl)c(/C=C/C(=O)Cc3ccc([S@](=O)Cc4cncn4CC4CC4)cc3)c2)cc1. The van der Waals surface area contributed by atoms with E-state index in [0.717, 1.165) is 70.5 Å². The number of hydrogen-bond acceptors (Lipinski definition) is 4. The number of halogens is 1. The first-order chi connectivity index (χ1) is 20.0. The molecule has 3 aromatic carbocycles. The molecule has 1 aliphatic carbocycles. The summed E-state index contributed by atoms with van der Waals surface area (Å²) in [7, 11) is -1.17. The predicted octanol–water partition coefficient (Wildman–Crippen LogP) is 7.93. The second-order valence-corrected chi connectivity index (χ2v) is 12.4. The van der Waals surface area contributed by atoms with E-state index in [2.05, 4.69) is 16.5 Å². The van der Waals surface area contributed by atoms with E-state index in [1.54, 1.807) is 12.2 Å². The number of carbonyl (C=O) groups excluding carboxylic acids is 1. The molecular weight excluding hydrogens is 552 g/mol. The van der Waals surface area contributed by atoms with Crippen LogP contribution in [0, 0.1) is 5.92 Å². The topological polar surface area (TPSA) is 61.2 Å². The molecule has 0 aliphatic heterocycles. The molecule has 5 nitrogen and oxygen atoms in total. The molecular formula is C34H35ClN2O3S. The normalized spacial score (nSPS) is 13.9. The van der Waals surface area contributed by atoms with Crippen LogP contribution in [0.5, 0.6) is 5.75 Å². The van der Waals surface area contributed by atoms with E-state index in [0.29, 0.717) is 10.8 Å². The van der Waals surface area contributed by atoms with Crippen LogP contribution in [-0.4, -0.2) is 26.2 Å². The van der Waals surface area contributed by atoms with Gasteiger partial charge in [-0.25, -0.2) is 4.98 Å². The lowest BCUT2D eigenvalue weighted by Gasteiger charge is -2.08. The Bertz CT molecular complexity index is 1520. The van der Waals surface area contributed by atoms with Gasteiger partial charge in [-0.15, -0.1) is 0 Å². The van der Waals surface area contributed by atoms with Crippen LogP contribution >= 0.6 is 11.6 Å². The minimum atomic E-state index is -1.17. The zero-order chi connectivity index (χ0) is 28.6. The van der Waals surface area contributed by atoms with Crippen LogP contribution in [0.25, 0.3) is 17.2 Å². The standard InChI is InChI=1S/C34H35ClN2O3S/c1-2-3-18-40-32-13-9-27(10-14-32)28-11-17-34(35)29(20-28)8-12-31(38)19-25-6-15-33(16-7-25)41(39)23-30-21-36-24-37(30)22-26-4-5-26/h6-17,20-21,24,26H,2-5,18-19,22-23H2,1H3/b12-8+/t41-/m1/s1. The van der Waals surface area contributed by atoms with Crippen molar-refractivity contribution in [1.82, 2.24) is 9.55 Å². The van der Waals surface area contributed by atoms with E-state index in [1.165, 1.54) is 12.8 Å². The van der Waals surface area contributed by atoms with Gasteiger partial charge in [-0.2, -0.15) is 0 Å². The van der Waals surface area contributed by atoms with Crippen molar-refractivity contribution < 1.29 is 13.7 Å².